The molecular formula is C17H14FeO2. The molecule has 0 aliphatic rings. The largest absolute Gasteiger partial charge is 2.00 e. The van der Waals surface area contributed by atoms with Gasteiger partial charge in [0.2, 0.25) is 0 Å². The average molecular weight is 306 g/mol. The van der Waals surface area contributed by atoms with Gasteiger partial charge in [0.25, 0.3) is 0 Å². The van der Waals surface area contributed by atoms with Crippen molar-refractivity contribution in [3.8, 4) is 5.75 Å². The average Bonchev–Trinajstić information content (AvgIpc) is 3.15. The van der Waals surface area contributed by atoms with Gasteiger partial charge in [-0.25, -0.2) is 23.0 Å². The number of hydrogen-bond acceptors (Lipinski definition) is 2. The van der Waals surface area contributed by atoms with E-state index in [1.54, 1.807) is 24.3 Å². The molecule has 0 amide bonds. The summed E-state index contributed by atoms with van der Waals surface area (Å²) in [5.41, 5.74) is 0.564. The van der Waals surface area contributed by atoms with Crippen LogP contribution >= 0.6 is 0 Å². The number of rotatable bonds is 2. The summed E-state index contributed by atoms with van der Waals surface area (Å²) in [6.07, 6.45) is 0. The van der Waals surface area contributed by atoms with Crippen LogP contribution in [-0.4, -0.2) is 5.97 Å². The van der Waals surface area contributed by atoms with Gasteiger partial charge >= 0.3 is 23.0 Å². The molecule has 2 nitrogen and oxygen atoms in total. The van der Waals surface area contributed by atoms with E-state index in [1.165, 1.54) is 0 Å². The molecule has 0 aliphatic carbocycles. The predicted octanol–water partition coefficient (Wildman–Crippen LogP) is 4.03. The smallest absolute Gasteiger partial charge is 0.451 e. The fourth-order valence-corrected chi connectivity index (χ4v) is 1.49. The van der Waals surface area contributed by atoms with E-state index >= 15 is 0 Å². The van der Waals surface area contributed by atoms with Gasteiger partial charge < -0.3 is 4.74 Å². The first-order valence-electron chi connectivity index (χ1n) is 6.02. The number of hydrogen-bond donors (Lipinski definition) is 0. The van der Waals surface area contributed by atoms with Crippen LogP contribution in [0.5, 0.6) is 5.75 Å². The van der Waals surface area contributed by atoms with Crippen LogP contribution in [0.15, 0.2) is 84.9 Å². The summed E-state index contributed by atoms with van der Waals surface area (Å²) >= 11 is 0. The van der Waals surface area contributed by atoms with Gasteiger partial charge in [-0.2, -0.15) is 30.3 Å². The third kappa shape index (κ3) is 5.27. The van der Waals surface area contributed by atoms with Crippen molar-refractivity contribution in [2.24, 2.45) is 0 Å². The number of benzene rings is 1. The number of carbonyl (C=O) groups is 1. The van der Waals surface area contributed by atoms with E-state index in [1.807, 2.05) is 60.7 Å². The summed E-state index contributed by atoms with van der Waals surface area (Å²) in [6, 6.07) is 26.1. The molecule has 102 valence electrons. The van der Waals surface area contributed by atoms with Crippen LogP contribution in [0.25, 0.3) is 0 Å². The van der Waals surface area contributed by atoms with E-state index < -0.39 is 0 Å². The van der Waals surface area contributed by atoms with Crippen LogP contribution in [0.4, 0.5) is 0 Å². The number of carbonyl (C=O) groups excluding carboxylic acids is 1. The van der Waals surface area contributed by atoms with Crippen molar-refractivity contribution in [1.82, 2.24) is 0 Å². The third-order valence-corrected chi connectivity index (χ3v) is 2.41. The predicted molar refractivity (Wildman–Crippen MR) is 75.5 cm³/mol. The van der Waals surface area contributed by atoms with Crippen molar-refractivity contribution in [2.45, 2.75) is 0 Å². The summed E-state index contributed by atoms with van der Waals surface area (Å²) in [5, 5.41) is 0. The Hall–Kier alpha value is -2.09. The zero-order valence-electron chi connectivity index (χ0n) is 10.8. The van der Waals surface area contributed by atoms with E-state index in [9.17, 15) is 4.79 Å². The number of ether oxygens (including phenoxy) is 1. The van der Waals surface area contributed by atoms with Crippen molar-refractivity contribution in [2.75, 3.05) is 0 Å². The van der Waals surface area contributed by atoms with Crippen LogP contribution in [0, 0.1) is 0 Å². The van der Waals surface area contributed by atoms with E-state index in [2.05, 4.69) is 0 Å². The van der Waals surface area contributed by atoms with Gasteiger partial charge in [0, 0.05) is 5.75 Å². The minimum atomic E-state index is -0.322. The van der Waals surface area contributed by atoms with Crippen molar-refractivity contribution in [3.63, 3.8) is 0 Å². The van der Waals surface area contributed by atoms with Crippen LogP contribution in [0.1, 0.15) is 10.4 Å². The summed E-state index contributed by atoms with van der Waals surface area (Å²) in [7, 11) is 0. The standard InChI is InChI=1S/C12H9O2.C5H5.Fe/c13-12(10-6-2-1-3-7-10)14-11-8-4-5-9-11;1-2-4-5-3-1;/h1-9H;1-5H;/q2*-1;+2. The molecular weight excluding hydrogens is 292 g/mol. The van der Waals surface area contributed by atoms with E-state index in [-0.39, 0.29) is 23.0 Å². The van der Waals surface area contributed by atoms with E-state index in [0.717, 1.165) is 0 Å². The van der Waals surface area contributed by atoms with Crippen LogP contribution < -0.4 is 4.74 Å². The molecule has 0 atom stereocenters. The Balaban J connectivity index is 0.000000283. The van der Waals surface area contributed by atoms with Gasteiger partial charge in [-0.15, -0.1) is 6.07 Å². The second-order valence-corrected chi connectivity index (χ2v) is 3.84. The molecule has 0 N–H and O–H groups in total. The maximum atomic E-state index is 11.5. The molecule has 0 unspecified atom stereocenters. The molecule has 0 saturated heterocycles. The second kappa shape index (κ2) is 8.92. The Labute approximate surface area is 129 Å². The topological polar surface area (TPSA) is 26.3 Å². The van der Waals surface area contributed by atoms with Gasteiger partial charge in [-0.1, -0.05) is 18.2 Å². The van der Waals surface area contributed by atoms with E-state index in [0.29, 0.717) is 11.3 Å². The molecule has 3 aromatic rings. The summed E-state index contributed by atoms with van der Waals surface area (Å²) in [5.74, 6) is 0.260. The maximum absolute atomic E-state index is 11.5. The fraction of sp³-hybridized carbons (Fsp3) is 0. The quantitative estimate of drug-likeness (QED) is 0.406. The van der Waals surface area contributed by atoms with E-state index in [4.69, 9.17) is 4.74 Å². The molecule has 0 fully saturated rings. The summed E-state index contributed by atoms with van der Waals surface area (Å²) < 4.78 is 5.10. The first-order valence-corrected chi connectivity index (χ1v) is 6.02. The molecule has 0 heterocycles. The SMILES string of the molecule is O=C(Oc1ccc[cH-]1)c1ccccc1.[Fe+2].c1cc[cH-]c1. The molecule has 0 aromatic heterocycles. The zero-order chi connectivity index (χ0) is 13.3. The maximum Gasteiger partial charge on any atom is 2.00 e. The third-order valence-electron chi connectivity index (χ3n) is 2.41. The molecule has 0 saturated carbocycles. The first kappa shape index (κ1) is 16.0. The Morgan fingerprint density at radius 2 is 1.55 bits per heavy atom. The molecule has 0 spiro atoms. The minimum Gasteiger partial charge on any atom is -0.451 e. The minimum absolute atomic E-state index is 0. The molecule has 3 heteroatoms. The molecule has 0 bridgehead atoms. The Bertz CT molecular complexity index is 552. The molecule has 3 rings (SSSR count). The Morgan fingerprint density at radius 1 is 0.850 bits per heavy atom. The zero-order valence-corrected chi connectivity index (χ0v) is 11.9. The van der Waals surface area contributed by atoms with Crippen LogP contribution in [0.3, 0.4) is 0 Å². The normalized spacial score (nSPS) is 8.80. The second-order valence-electron chi connectivity index (χ2n) is 3.84. The van der Waals surface area contributed by atoms with Gasteiger partial charge in [-0.05, 0) is 12.1 Å². The summed E-state index contributed by atoms with van der Waals surface area (Å²) in [4.78, 5) is 11.5. The van der Waals surface area contributed by atoms with Gasteiger partial charge in [0.1, 0.15) is 0 Å². The Morgan fingerprint density at radius 3 is 2.05 bits per heavy atom. The monoisotopic (exact) mass is 306 g/mol. The van der Waals surface area contributed by atoms with Crippen LogP contribution in [0.2, 0.25) is 0 Å². The molecule has 20 heavy (non-hydrogen) atoms. The fourth-order valence-electron chi connectivity index (χ4n) is 1.49. The van der Waals surface area contributed by atoms with Gasteiger partial charge in [-0.3, -0.25) is 0 Å². The molecule has 0 radical (unpaired) electrons. The van der Waals surface area contributed by atoms with Gasteiger partial charge in [0.05, 0.1) is 5.56 Å². The van der Waals surface area contributed by atoms with Crippen molar-refractivity contribution >= 4 is 5.97 Å². The number of esters is 1. The first-order chi connectivity index (χ1) is 9.36. The van der Waals surface area contributed by atoms with Crippen molar-refractivity contribution in [1.29, 1.82) is 0 Å². The van der Waals surface area contributed by atoms with Crippen molar-refractivity contribution in [3.05, 3.63) is 90.5 Å². The molecule has 3 aromatic carbocycles. The summed E-state index contributed by atoms with van der Waals surface area (Å²) in [6.45, 7) is 0. The van der Waals surface area contributed by atoms with Gasteiger partial charge in [0.15, 0.2) is 0 Å². The van der Waals surface area contributed by atoms with Crippen molar-refractivity contribution < 1.29 is 26.6 Å². The van der Waals surface area contributed by atoms with Crippen LogP contribution in [-0.2, 0) is 17.1 Å². The molecule has 0 aliphatic heterocycles. The Kier molecular flexibility index (Phi) is 7.12.